The number of benzene rings is 2. The van der Waals surface area contributed by atoms with Crippen molar-refractivity contribution in [2.75, 3.05) is 5.32 Å². The number of carbonyl (C=O) groups is 3. The van der Waals surface area contributed by atoms with E-state index in [2.05, 4.69) is 10.6 Å². The molecule has 154 valence electrons. The van der Waals surface area contributed by atoms with Crippen LogP contribution in [-0.2, 0) is 22.6 Å². The molecule has 2 aromatic carbocycles. The van der Waals surface area contributed by atoms with Gasteiger partial charge in [0, 0.05) is 17.8 Å². The Morgan fingerprint density at radius 2 is 1.69 bits per heavy atom. The number of hydrogen-bond acceptors (Lipinski definition) is 4. The first-order valence-corrected chi connectivity index (χ1v) is 8.72. The fraction of sp³-hybridized carbons (Fsp3) is 0.250. The lowest BCUT2D eigenvalue weighted by Crippen LogP contribution is -2.53. The number of nitrogens with one attached hydrogen (secondary N) is 2. The first-order chi connectivity index (χ1) is 13.5. The first kappa shape index (κ1) is 22.0. The van der Waals surface area contributed by atoms with Gasteiger partial charge in [-0.05, 0) is 43.7 Å². The van der Waals surface area contributed by atoms with Gasteiger partial charge in [0.25, 0.3) is 5.91 Å². The van der Waals surface area contributed by atoms with Gasteiger partial charge in [-0.15, -0.1) is 0 Å². The van der Waals surface area contributed by atoms with Gasteiger partial charge in [-0.2, -0.15) is 0 Å². The van der Waals surface area contributed by atoms with Gasteiger partial charge in [0.2, 0.25) is 11.8 Å². The average Bonchev–Trinajstić information content (AvgIpc) is 2.64. The zero-order chi connectivity index (χ0) is 21.8. The highest BCUT2D eigenvalue weighted by molar-refractivity contribution is 6.01. The molecule has 0 saturated heterocycles. The van der Waals surface area contributed by atoms with E-state index < -0.39 is 34.9 Å². The Labute approximate surface area is 166 Å². The number of anilines is 1. The second kappa shape index (κ2) is 8.78. The van der Waals surface area contributed by atoms with Crippen LogP contribution in [0.4, 0.5) is 14.5 Å². The minimum absolute atomic E-state index is 0.00612. The number of nitrogens with two attached hydrogens (primary N) is 2. The number of rotatable bonds is 7. The third-order valence-electron chi connectivity index (χ3n) is 4.22. The van der Waals surface area contributed by atoms with Crippen molar-refractivity contribution in [3.8, 4) is 0 Å². The Hall–Kier alpha value is -3.33. The average molecular weight is 404 g/mol. The monoisotopic (exact) mass is 404 g/mol. The molecule has 0 atom stereocenters. The zero-order valence-corrected chi connectivity index (χ0v) is 16.0. The summed E-state index contributed by atoms with van der Waals surface area (Å²) in [5.74, 6) is -3.41. The summed E-state index contributed by atoms with van der Waals surface area (Å²) in [6.45, 7) is 2.54. The lowest BCUT2D eigenvalue weighted by atomic mass is 10.0. The fourth-order valence-electron chi connectivity index (χ4n) is 2.48. The molecule has 0 radical (unpaired) electrons. The van der Waals surface area contributed by atoms with Gasteiger partial charge in [-0.25, -0.2) is 8.78 Å². The molecule has 0 fully saturated rings. The molecule has 3 amide bonds. The van der Waals surface area contributed by atoms with E-state index in [1.807, 2.05) is 0 Å². The van der Waals surface area contributed by atoms with Crippen LogP contribution >= 0.6 is 0 Å². The predicted octanol–water partition coefficient (Wildman–Crippen LogP) is 1.60. The largest absolute Gasteiger partial charge is 0.368 e. The summed E-state index contributed by atoms with van der Waals surface area (Å²) in [6, 6.07) is 7.86. The van der Waals surface area contributed by atoms with E-state index in [1.54, 1.807) is 0 Å². The molecular formula is C20H22F2N4O3. The van der Waals surface area contributed by atoms with Crippen molar-refractivity contribution < 1.29 is 23.2 Å². The topological polar surface area (TPSA) is 127 Å². The van der Waals surface area contributed by atoms with Gasteiger partial charge in [-0.1, -0.05) is 12.1 Å². The van der Waals surface area contributed by atoms with E-state index in [0.29, 0.717) is 5.56 Å². The second-order valence-electron chi connectivity index (χ2n) is 7.00. The molecule has 2 rings (SSSR count). The fourth-order valence-corrected chi connectivity index (χ4v) is 2.48. The standard InChI is InChI=1S/C20H22F2N4O3/c1-20(2,19(24)29)26-18(28)15-9-14(8-12(10-23)17(15)22)25-16(27)7-11-3-5-13(21)6-4-11/h3-6,8-9H,7,10,23H2,1-2H3,(H2,24,29)(H,25,27)(H,26,28). The van der Waals surface area contributed by atoms with Crippen molar-refractivity contribution in [1.29, 1.82) is 0 Å². The maximum absolute atomic E-state index is 14.6. The van der Waals surface area contributed by atoms with Crippen LogP contribution in [-0.4, -0.2) is 23.3 Å². The summed E-state index contributed by atoms with van der Waals surface area (Å²) in [6.07, 6.45) is -0.0498. The molecule has 0 aromatic heterocycles. The third-order valence-corrected chi connectivity index (χ3v) is 4.22. The van der Waals surface area contributed by atoms with Gasteiger partial charge < -0.3 is 22.1 Å². The van der Waals surface area contributed by atoms with Crippen LogP contribution in [0.1, 0.15) is 35.3 Å². The summed E-state index contributed by atoms with van der Waals surface area (Å²) in [5, 5.41) is 4.91. The number of halogens is 2. The van der Waals surface area contributed by atoms with Crippen LogP contribution in [0.25, 0.3) is 0 Å². The van der Waals surface area contributed by atoms with Gasteiger partial charge in [0.05, 0.1) is 12.0 Å². The molecule has 0 aliphatic carbocycles. The molecule has 0 aliphatic heterocycles. The maximum Gasteiger partial charge on any atom is 0.255 e. The lowest BCUT2D eigenvalue weighted by molar-refractivity contribution is -0.122. The molecule has 0 saturated carbocycles. The van der Waals surface area contributed by atoms with E-state index in [-0.39, 0.29) is 29.8 Å². The normalized spacial score (nSPS) is 11.1. The predicted molar refractivity (Wildman–Crippen MR) is 104 cm³/mol. The van der Waals surface area contributed by atoms with Gasteiger partial charge in [-0.3, -0.25) is 14.4 Å². The maximum atomic E-state index is 14.6. The van der Waals surface area contributed by atoms with Gasteiger partial charge in [0.15, 0.2) is 0 Å². The highest BCUT2D eigenvalue weighted by Gasteiger charge is 2.29. The molecule has 7 nitrogen and oxygen atoms in total. The summed E-state index contributed by atoms with van der Waals surface area (Å²) in [7, 11) is 0. The molecule has 0 bridgehead atoms. The first-order valence-electron chi connectivity index (χ1n) is 8.72. The molecule has 0 heterocycles. The Morgan fingerprint density at radius 1 is 1.07 bits per heavy atom. The molecule has 29 heavy (non-hydrogen) atoms. The summed E-state index contributed by atoms with van der Waals surface area (Å²) >= 11 is 0. The van der Waals surface area contributed by atoms with E-state index in [4.69, 9.17) is 11.5 Å². The molecule has 9 heteroatoms. The van der Waals surface area contributed by atoms with E-state index >= 15 is 0 Å². The van der Waals surface area contributed by atoms with Crippen molar-refractivity contribution in [2.45, 2.75) is 32.4 Å². The Kier molecular flexibility index (Phi) is 6.65. The quantitative estimate of drug-likeness (QED) is 0.559. The Bertz CT molecular complexity index is 943. The van der Waals surface area contributed by atoms with Crippen molar-refractivity contribution in [1.82, 2.24) is 5.32 Å². The lowest BCUT2D eigenvalue weighted by Gasteiger charge is -2.23. The molecule has 2 aromatic rings. The van der Waals surface area contributed by atoms with Crippen LogP contribution in [0.3, 0.4) is 0 Å². The highest BCUT2D eigenvalue weighted by atomic mass is 19.1. The molecule has 0 aliphatic rings. The zero-order valence-electron chi connectivity index (χ0n) is 16.0. The Balaban J connectivity index is 2.25. The smallest absolute Gasteiger partial charge is 0.255 e. The van der Waals surface area contributed by atoms with Crippen molar-refractivity contribution in [3.63, 3.8) is 0 Å². The highest BCUT2D eigenvalue weighted by Crippen LogP contribution is 2.21. The Morgan fingerprint density at radius 3 is 2.24 bits per heavy atom. The minimum Gasteiger partial charge on any atom is -0.368 e. The van der Waals surface area contributed by atoms with Crippen LogP contribution in [0.5, 0.6) is 0 Å². The number of amides is 3. The van der Waals surface area contributed by atoms with Gasteiger partial charge >= 0.3 is 0 Å². The SMILES string of the molecule is CC(C)(NC(=O)c1cc(NC(=O)Cc2ccc(F)cc2)cc(CN)c1F)C(N)=O. The molecule has 6 N–H and O–H groups in total. The molecule has 0 unspecified atom stereocenters. The van der Waals surface area contributed by atoms with Crippen molar-refractivity contribution in [3.05, 3.63) is 64.7 Å². The van der Waals surface area contributed by atoms with Crippen molar-refractivity contribution >= 4 is 23.4 Å². The van der Waals surface area contributed by atoms with Crippen LogP contribution in [0.2, 0.25) is 0 Å². The van der Waals surface area contributed by atoms with Gasteiger partial charge in [0.1, 0.15) is 17.2 Å². The number of primary amides is 1. The summed E-state index contributed by atoms with van der Waals surface area (Å²) in [4.78, 5) is 36.1. The van der Waals surface area contributed by atoms with Crippen molar-refractivity contribution in [2.24, 2.45) is 11.5 Å². The van der Waals surface area contributed by atoms with E-state index in [1.165, 1.54) is 44.2 Å². The summed E-state index contributed by atoms with van der Waals surface area (Å²) in [5.41, 5.74) is 9.70. The number of hydrogen-bond donors (Lipinski definition) is 4. The minimum atomic E-state index is -1.41. The third kappa shape index (κ3) is 5.58. The van der Waals surface area contributed by atoms with E-state index in [9.17, 15) is 23.2 Å². The van der Waals surface area contributed by atoms with Crippen LogP contribution in [0.15, 0.2) is 36.4 Å². The molecular weight excluding hydrogens is 382 g/mol. The second-order valence-corrected chi connectivity index (χ2v) is 7.00. The van der Waals surface area contributed by atoms with Crippen LogP contribution in [0, 0.1) is 11.6 Å². The summed E-state index contributed by atoms with van der Waals surface area (Å²) < 4.78 is 27.6. The molecule has 0 spiro atoms. The van der Waals surface area contributed by atoms with Crippen LogP contribution < -0.4 is 22.1 Å². The van der Waals surface area contributed by atoms with E-state index in [0.717, 1.165) is 6.07 Å². The number of carbonyl (C=O) groups excluding carboxylic acids is 3.